The number of halogens is 1. The van der Waals surface area contributed by atoms with Gasteiger partial charge in [-0.1, -0.05) is 12.1 Å². The molecule has 0 fully saturated rings. The van der Waals surface area contributed by atoms with Gasteiger partial charge >= 0.3 is 0 Å². The van der Waals surface area contributed by atoms with Crippen LogP contribution in [0.5, 0.6) is 0 Å². The number of carbonyl (C=O) groups excluding carboxylic acids is 1. The van der Waals surface area contributed by atoms with E-state index in [1.165, 1.54) is 12.1 Å². The zero-order chi connectivity index (χ0) is 16.8. The van der Waals surface area contributed by atoms with E-state index < -0.39 is 0 Å². The summed E-state index contributed by atoms with van der Waals surface area (Å²) in [5.74, 6) is -0.292. The highest BCUT2D eigenvalue weighted by Crippen LogP contribution is 2.14. The van der Waals surface area contributed by atoms with Crippen molar-refractivity contribution in [2.45, 2.75) is 19.5 Å². The number of hydrogen-bond acceptors (Lipinski definition) is 3. The van der Waals surface area contributed by atoms with Gasteiger partial charge in [0.25, 0.3) is 0 Å². The second-order valence-electron chi connectivity index (χ2n) is 5.88. The summed E-state index contributed by atoms with van der Waals surface area (Å²) in [6, 6.07) is 6.04. The van der Waals surface area contributed by atoms with E-state index in [0.29, 0.717) is 13.1 Å². The summed E-state index contributed by atoms with van der Waals surface area (Å²) in [7, 11) is 3.92. The minimum Gasteiger partial charge on any atom is -0.335 e. The van der Waals surface area contributed by atoms with Gasteiger partial charge in [0.1, 0.15) is 11.9 Å². The smallest absolute Gasteiger partial charge is 0.245 e. The Labute approximate surface area is 136 Å². The number of aromatic nitrogens is 2. The molecule has 0 saturated carbocycles. The van der Waals surface area contributed by atoms with E-state index >= 15 is 0 Å². The molecule has 1 heterocycles. The molecule has 2 rings (SSSR count). The second kappa shape index (κ2) is 7.87. The molecule has 1 aromatic heterocycles. The molecule has 0 bridgehead atoms. The van der Waals surface area contributed by atoms with Crippen LogP contribution >= 0.6 is 0 Å². The Hall–Kier alpha value is -2.21. The molecule has 23 heavy (non-hydrogen) atoms. The van der Waals surface area contributed by atoms with Crippen LogP contribution in [0.15, 0.2) is 43.0 Å². The first kappa shape index (κ1) is 17.1. The van der Waals surface area contributed by atoms with Crippen molar-refractivity contribution in [2.75, 3.05) is 27.2 Å². The highest BCUT2D eigenvalue weighted by atomic mass is 19.1. The number of rotatable bonds is 7. The van der Waals surface area contributed by atoms with E-state index in [-0.39, 0.29) is 17.8 Å². The first-order chi connectivity index (χ1) is 11.0. The first-order valence-electron chi connectivity index (χ1n) is 7.63. The van der Waals surface area contributed by atoms with Crippen molar-refractivity contribution in [2.24, 2.45) is 0 Å². The molecule has 1 aromatic carbocycles. The molecule has 1 unspecified atom stereocenters. The van der Waals surface area contributed by atoms with Gasteiger partial charge in [0, 0.05) is 32.0 Å². The Morgan fingerprint density at radius 2 is 2.13 bits per heavy atom. The summed E-state index contributed by atoms with van der Waals surface area (Å²) in [5.41, 5.74) is 0.787. The molecule has 0 spiro atoms. The average molecular weight is 318 g/mol. The molecule has 124 valence electrons. The summed E-state index contributed by atoms with van der Waals surface area (Å²) in [6.45, 7) is 3.57. The maximum Gasteiger partial charge on any atom is 0.245 e. The van der Waals surface area contributed by atoms with Crippen LogP contribution < -0.4 is 0 Å². The summed E-state index contributed by atoms with van der Waals surface area (Å²) >= 11 is 0. The van der Waals surface area contributed by atoms with Gasteiger partial charge in [-0.25, -0.2) is 9.37 Å². The van der Waals surface area contributed by atoms with Crippen molar-refractivity contribution in [3.63, 3.8) is 0 Å². The van der Waals surface area contributed by atoms with Crippen LogP contribution in [-0.4, -0.2) is 52.4 Å². The quantitative estimate of drug-likeness (QED) is 0.786. The van der Waals surface area contributed by atoms with Gasteiger partial charge in [-0.15, -0.1) is 0 Å². The lowest BCUT2D eigenvalue weighted by molar-refractivity contribution is -0.135. The third kappa shape index (κ3) is 4.89. The lowest BCUT2D eigenvalue weighted by atomic mass is 10.2. The fraction of sp³-hybridized carbons (Fsp3) is 0.412. The van der Waals surface area contributed by atoms with Gasteiger partial charge < -0.3 is 14.4 Å². The van der Waals surface area contributed by atoms with Crippen molar-refractivity contribution in [1.82, 2.24) is 19.4 Å². The fourth-order valence-corrected chi connectivity index (χ4v) is 2.33. The molecule has 1 amide bonds. The lowest BCUT2D eigenvalue weighted by Gasteiger charge is -2.27. The van der Waals surface area contributed by atoms with E-state index in [1.54, 1.807) is 34.3 Å². The van der Waals surface area contributed by atoms with Crippen LogP contribution in [0.1, 0.15) is 18.5 Å². The SMILES string of the molecule is CC(C(=O)N(CCN(C)C)Cc1cccc(F)c1)n1ccnc1. The normalized spacial score (nSPS) is 12.4. The lowest BCUT2D eigenvalue weighted by Crippen LogP contribution is -2.39. The second-order valence-corrected chi connectivity index (χ2v) is 5.88. The van der Waals surface area contributed by atoms with Crippen LogP contribution in [0.4, 0.5) is 4.39 Å². The van der Waals surface area contributed by atoms with Crippen LogP contribution in [-0.2, 0) is 11.3 Å². The standard InChI is InChI=1S/C17H23FN4O/c1-14(22-8-7-19-13-22)17(23)21(10-9-20(2)3)12-15-5-4-6-16(18)11-15/h4-8,11,13-14H,9-10,12H2,1-3H3. The van der Waals surface area contributed by atoms with E-state index in [2.05, 4.69) is 4.98 Å². The molecule has 2 aromatic rings. The molecule has 0 N–H and O–H groups in total. The van der Waals surface area contributed by atoms with E-state index in [0.717, 1.165) is 12.1 Å². The number of hydrogen-bond donors (Lipinski definition) is 0. The van der Waals surface area contributed by atoms with Crippen LogP contribution in [0.2, 0.25) is 0 Å². The topological polar surface area (TPSA) is 41.4 Å². The maximum atomic E-state index is 13.4. The number of nitrogens with zero attached hydrogens (tertiary/aromatic N) is 4. The molecule has 0 saturated heterocycles. The van der Waals surface area contributed by atoms with Gasteiger partial charge in [-0.2, -0.15) is 0 Å². The largest absolute Gasteiger partial charge is 0.335 e. The third-order valence-corrected chi connectivity index (χ3v) is 3.72. The van der Waals surface area contributed by atoms with E-state index in [9.17, 15) is 9.18 Å². The van der Waals surface area contributed by atoms with Crippen molar-refractivity contribution in [3.05, 3.63) is 54.4 Å². The van der Waals surface area contributed by atoms with Crippen LogP contribution in [0.3, 0.4) is 0 Å². The van der Waals surface area contributed by atoms with Crippen LogP contribution in [0.25, 0.3) is 0 Å². The summed E-state index contributed by atoms with van der Waals surface area (Å²) in [5, 5.41) is 0. The highest BCUT2D eigenvalue weighted by Gasteiger charge is 2.22. The minimum atomic E-state index is -0.340. The Balaban J connectivity index is 2.14. The van der Waals surface area contributed by atoms with Gasteiger partial charge in [0.05, 0.1) is 6.33 Å². The summed E-state index contributed by atoms with van der Waals surface area (Å²) < 4.78 is 15.2. The van der Waals surface area contributed by atoms with Crippen molar-refractivity contribution in [3.8, 4) is 0 Å². The third-order valence-electron chi connectivity index (χ3n) is 3.72. The first-order valence-corrected chi connectivity index (χ1v) is 7.63. The highest BCUT2D eigenvalue weighted by molar-refractivity contribution is 5.80. The summed E-state index contributed by atoms with van der Waals surface area (Å²) in [6.07, 6.45) is 5.06. The fourth-order valence-electron chi connectivity index (χ4n) is 2.33. The Morgan fingerprint density at radius 3 is 2.74 bits per heavy atom. The monoisotopic (exact) mass is 318 g/mol. The maximum absolute atomic E-state index is 13.4. The van der Waals surface area contributed by atoms with Gasteiger partial charge in [-0.3, -0.25) is 4.79 Å². The van der Waals surface area contributed by atoms with Gasteiger partial charge in [0.15, 0.2) is 0 Å². The van der Waals surface area contributed by atoms with E-state index in [4.69, 9.17) is 0 Å². The molecule has 0 aliphatic carbocycles. The van der Waals surface area contributed by atoms with E-state index in [1.807, 2.05) is 32.0 Å². The average Bonchev–Trinajstić information content (AvgIpc) is 3.04. The zero-order valence-corrected chi connectivity index (χ0v) is 13.8. The molecule has 0 aliphatic heterocycles. The van der Waals surface area contributed by atoms with Crippen LogP contribution in [0, 0.1) is 5.82 Å². The van der Waals surface area contributed by atoms with Crippen molar-refractivity contribution in [1.29, 1.82) is 0 Å². The Kier molecular flexibility index (Phi) is 5.87. The number of likely N-dealkylation sites (N-methyl/N-ethyl adjacent to an activating group) is 1. The Bertz CT molecular complexity index is 627. The van der Waals surface area contributed by atoms with Gasteiger partial charge in [-0.05, 0) is 38.7 Å². The number of amides is 1. The van der Waals surface area contributed by atoms with Crippen molar-refractivity contribution < 1.29 is 9.18 Å². The number of imidazole rings is 1. The molecule has 0 aliphatic rings. The van der Waals surface area contributed by atoms with Gasteiger partial charge in [0.2, 0.25) is 5.91 Å². The number of benzene rings is 1. The molecular formula is C17H23FN4O. The minimum absolute atomic E-state index is 0.00545. The predicted octanol–water partition coefficient (Wildman–Crippen LogP) is 2.17. The molecule has 6 heteroatoms. The molecule has 1 atom stereocenters. The Morgan fingerprint density at radius 1 is 1.35 bits per heavy atom. The van der Waals surface area contributed by atoms with Crippen molar-refractivity contribution >= 4 is 5.91 Å². The number of carbonyl (C=O) groups is 1. The molecular weight excluding hydrogens is 295 g/mol. The molecule has 0 radical (unpaired) electrons. The zero-order valence-electron chi connectivity index (χ0n) is 13.8. The predicted molar refractivity (Wildman–Crippen MR) is 87.3 cm³/mol. The summed E-state index contributed by atoms with van der Waals surface area (Å²) in [4.78, 5) is 20.6. The molecule has 5 nitrogen and oxygen atoms in total.